The van der Waals surface area contributed by atoms with Gasteiger partial charge < -0.3 is 20.5 Å². The number of hydrogen-bond acceptors (Lipinski definition) is 8. The summed E-state index contributed by atoms with van der Waals surface area (Å²) in [4.78, 5) is 22.2. The lowest BCUT2D eigenvalue weighted by Crippen LogP contribution is -2.48. The highest BCUT2D eigenvalue weighted by Crippen LogP contribution is 2.32. The number of amides is 1. The molecule has 0 fully saturated rings. The average molecular weight is 488 g/mol. The van der Waals surface area contributed by atoms with E-state index in [4.69, 9.17) is 10.5 Å². The molecule has 1 aliphatic heterocycles. The molecule has 2 aromatic carbocycles. The highest BCUT2D eigenvalue weighted by atomic mass is 32.2. The molecule has 0 unspecified atom stereocenters. The molecule has 5 rings (SSSR count). The molecule has 3 heterocycles. The Kier molecular flexibility index (Phi) is 5.81. The first-order chi connectivity index (χ1) is 16.8. The normalized spacial score (nSPS) is 13.1. The van der Waals surface area contributed by atoms with E-state index in [0.29, 0.717) is 23.0 Å². The number of fused-ring (bicyclic) bond motifs is 2. The van der Waals surface area contributed by atoms with E-state index in [2.05, 4.69) is 24.4 Å². The van der Waals surface area contributed by atoms with Crippen LogP contribution in [0.3, 0.4) is 0 Å². The fourth-order valence-electron chi connectivity index (χ4n) is 3.96. The standard InChI is InChI=1S/C25H25N7O2S/c1-15-28-17-7-4-5-9-19(17)32(15)21-13-16(11-12-27-21)24(33)29-25(2,3)14-34-20-10-6-8-18-22(20)23(26)31-35-30-18/h4-13,30H,14H2,1-3H3,(H2,26,31)(H,29,33). The van der Waals surface area contributed by atoms with Crippen LogP contribution in [-0.4, -0.2) is 38.4 Å². The molecule has 0 bridgehead atoms. The minimum atomic E-state index is -0.663. The predicted molar refractivity (Wildman–Crippen MR) is 139 cm³/mol. The predicted octanol–water partition coefficient (Wildman–Crippen LogP) is 4.01. The van der Waals surface area contributed by atoms with Gasteiger partial charge in [0.05, 0.1) is 40.0 Å². The van der Waals surface area contributed by atoms with Gasteiger partial charge in [0, 0.05) is 11.8 Å². The van der Waals surface area contributed by atoms with Crippen LogP contribution in [0.25, 0.3) is 16.9 Å². The number of nitrogens with two attached hydrogens (primary N) is 1. The quantitative estimate of drug-likeness (QED) is 0.352. The summed E-state index contributed by atoms with van der Waals surface area (Å²) in [6.07, 6.45) is 1.63. The van der Waals surface area contributed by atoms with Crippen LogP contribution in [0.1, 0.15) is 35.6 Å². The van der Waals surface area contributed by atoms with Crippen LogP contribution in [-0.2, 0) is 0 Å². The summed E-state index contributed by atoms with van der Waals surface area (Å²) in [5, 5.41) is 3.06. The molecule has 0 spiro atoms. The van der Waals surface area contributed by atoms with Gasteiger partial charge in [-0.3, -0.25) is 9.36 Å². The molecule has 0 aliphatic carbocycles. The van der Waals surface area contributed by atoms with Crippen molar-refractivity contribution in [2.75, 3.05) is 11.3 Å². The van der Waals surface area contributed by atoms with Gasteiger partial charge in [0.1, 0.15) is 29.8 Å². The van der Waals surface area contributed by atoms with E-state index in [-0.39, 0.29) is 12.5 Å². The van der Waals surface area contributed by atoms with Crippen LogP contribution in [0.15, 0.2) is 65.2 Å². The van der Waals surface area contributed by atoms with E-state index < -0.39 is 5.54 Å². The van der Waals surface area contributed by atoms with E-state index >= 15 is 0 Å². The first kappa shape index (κ1) is 22.7. The highest BCUT2D eigenvalue weighted by molar-refractivity contribution is 7.99. The number of anilines is 1. The molecule has 4 aromatic rings. The zero-order valence-electron chi connectivity index (χ0n) is 19.6. The van der Waals surface area contributed by atoms with Crippen LogP contribution >= 0.6 is 12.1 Å². The summed E-state index contributed by atoms with van der Waals surface area (Å²) in [5.41, 5.74) is 9.27. The van der Waals surface area contributed by atoms with Gasteiger partial charge in [-0.1, -0.05) is 18.2 Å². The number of amidine groups is 1. The molecule has 2 aromatic heterocycles. The number of carbonyl (C=O) groups is 1. The molecule has 1 amide bonds. The Bertz CT molecular complexity index is 1460. The second kappa shape index (κ2) is 8.95. The molecule has 0 atom stereocenters. The molecule has 0 radical (unpaired) electrons. The number of rotatable bonds is 6. The lowest BCUT2D eigenvalue weighted by molar-refractivity contribution is 0.0880. The van der Waals surface area contributed by atoms with Gasteiger partial charge in [-0.05, 0) is 57.2 Å². The summed E-state index contributed by atoms with van der Waals surface area (Å²) in [7, 11) is 0. The van der Waals surface area contributed by atoms with E-state index in [1.165, 1.54) is 12.1 Å². The molecule has 10 heteroatoms. The average Bonchev–Trinajstić information content (AvgIpc) is 3.18. The highest BCUT2D eigenvalue weighted by Gasteiger charge is 2.25. The lowest BCUT2D eigenvalue weighted by Gasteiger charge is -2.27. The number of para-hydroxylation sites is 2. The van der Waals surface area contributed by atoms with Gasteiger partial charge >= 0.3 is 0 Å². The van der Waals surface area contributed by atoms with E-state index in [1.54, 1.807) is 18.3 Å². The van der Waals surface area contributed by atoms with Crippen LogP contribution in [0.5, 0.6) is 5.75 Å². The summed E-state index contributed by atoms with van der Waals surface area (Å²) < 4.78 is 15.3. The van der Waals surface area contributed by atoms with Crippen LogP contribution in [0, 0.1) is 6.92 Å². The van der Waals surface area contributed by atoms with Gasteiger partial charge in [0.25, 0.3) is 5.91 Å². The van der Waals surface area contributed by atoms with Gasteiger partial charge in [-0.15, -0.1) is 0 Å². The Morgan fingerprint density at radius 1 is 1.20 bits per heavy atom. The third-order valence-corrected chi connectivity index (χ3v) is 6.19. The molecule has 35 heavy (non-hydrogen) atoms. The third-order valence-electron chi connectivity index (χ3n) is 5.59. The number of hydrogen-bond donors (Lipinski definition) is 3. The van der Waals surface area contributed by atoms with Crippen molar-refractivity contribution in [3.63, 3.8) is 0 Å². The molecule has 9 nitrogen and oxygen atoms in total. The lowest BCUT2D eigenvalue weighted by atomic mass is 10.1. The van der Waals surface area contributed by atoms with Gasteiger partial charge in [-0.2, -0.15) is 4.40 Å². The Morgan fingerprint density at radius 3 is 2.89 bits per heavy atom. The molecule has 4 N–H and O–H groups in total. The number of benzene rings is 2. The third kappa shape index (κ3) is 4.52. The van der Waals surface area contributed by atoms with Crippen molar-refractivity contribution >= 4 is 40.6 Å². The van der Waals surface area contributed by atoms with E-state index in [0.717, 1.165) is 28.1 Å². The molecule has 178 valence electrons. The van der Waals surface area contributed by atoms with Crippen molar-refractivity contribution in [2.24, 2.45) is 10.1 Å². The minimum absolute atomic E-state index is 0.224. The first-order valence-corrected chi connectivity index (χ1v) is 11.8. The van der Waals surface area contributed by atoms with Gasteiger partial charge in [0.15, 0.2) is 0 Å². The number of aromatic nitrogens is 3. The Labute approximate surface area is 207 Å². The smallest absolute Gasteiger partial charge is 0.252 e. The SMILES string of the molecule is Cc1nc2ccccc2n1-c1cc(C(=O)NC(C)(C)COc2cccc3c2C(N)=NSN3)ccn1. The van der Waals surface area contributed by atoms with E-state index in [1.807, 2.05) is 67.8 Å². The Hall–Kier alpha value is -4.05. The molecule has 1 aliphatic rings. The maximum Gasteiger partial charge on any atom is 0.252 e. The van der Waals surface area contributed by atoms with Gasteiger partial charge in [0.2, 0.25) is 0 Å². The molecular formula is C25H25N7O2S. The summed E-state index contributed by atoms with van der Waals surface area (Å²) in [5.74, 6) is 2.21. The summed E-state index contributed by atoms with van der Waals surface area (Å²) in [6.45, 7) is 5.96. The second-order valence-electron chi connectivity index (χ2n) is 8.86. The first-order valence-electron chi connectivity index (χ1n) is 11.1. The largest absolute Gasteiger partial charge is 0.490 e. The Balaban J connectivity index is 1.33. The number of aryl methyl sites for hydroxylation is 1. The van der Waals surface area contributed by atoms with Crippen LogP contribution < -0.4 is 20.5 Å². The zero-order valence-corrected chi connectivity index (χ0v) is 20.4. The Morgan fingerprint density at radius 2 is 2.03 bits per heavy atom. The van der Waals surface area contributed by atoms with Crippen molar-refractivity contribution in [3.05, 3.63) is 77.7 Å². The number of nitrogens with one attached hydrogen (secondary N) is 2. The number of ether oxygens (including phenoxy) is 1. The van der Waals surface area contributed by atoms with Crippen molar-refractivity contribution in [3.8, 4) is 11.6 Å². The van der Waals surface area contributed by atoms with E-state index in [9.17, 15) is 4.79 Å². The van der Waals surface area contributed by atoms with Gasteiger partial charge in [-0.25, -0.2) is 9.97 Å². The molecule has 0 saturated heterocycles. The maximum absolute atomic E-state index is 13.2. The number of pyridine rings is 1. The van der Waals surface area contributed by atoms with Crippen LogP contribution in [0.2, 0.25) is 0 Å². The number of carbonyl (C=O) groups excluding carboxylic acids is 1. The van der Waals surface area contributed by atoms with Crippen molar-refractivity contribution in [1.82, 2.24) is 19.9 Å². The minimum Gasteiger partial charge on any atom is -0.490 e. The fraction of sp³-hybridized carbons (Fsp3) is 0.200. The van der Waals surface area contributed by atoms with Crippen molar-refractivity contribution < 1.29 is 9.53 Å². The maximum atomic E-state index is 13.2. The molecule has 0 saturated carbocycles. The monoisotopic (exact) mass is 487 g/mol. The van der Waals surface area contributed by atoms with Crippen molar-refractivity contribution in [2.45, 2.75) is 26.3 Å². The number of imidazole rings is 1. The van der Waals surface area contributed by atoms with Crippen LogP contribution in [0.4, 0.5) is 5.69 Å². The molecular weight excluding hydrogens is 462 g/mol. The summed E-state index contributed by atoms with van der Waals surface area (Å²) in [6, 6.07) is 16.9. The number of nitrogens with zero attached hydrogens (tertiary/aromatic N) is 4. The second-order valence-corrected chi connectivity index (χ2v) is 9.43. The van der Waals surface area contributed by atoms with Crippen molar-refractivity contribution in [1.29, 1.82) is 0 Å². The zero-order chi connectivity index (χ0) is 24.6. The topological polar surface area (TPSA) is 119 Å². The fourth-order valence-corrected chi connectivity index (χ4v) is 4.46. The summed E-state index contributed by atoms with van der Waals surface area (Å²) >= 11 is 1.18.